The number of nitrogens with zero attached hydrogens (tertiary/aromatic N) is 2. The topological polar surface area (TPSA) is 75.1 Å². The van der Waals surface area contributed by atoms with Gasteiger partial charge in [0.05, 0.1) is 0 Å². The molecule has 0 amide bonds. The van der Waals surface area contributed by atoms with Gasteiger partial charge in [0.2, 0.25) is 0 Å². The Labute approximate surface area is 129 Å². The summed E-state index contributed by atoms with van der Waals surface area (Å²) in [5.74, 6) is -0.187. The van der Waals surface area contributed by atoms with Crippen LogP contribution in [0.2, 0.25) is 0 Å². The van der Waals surface area contributed by atoms with E-state index in [1.165, 1.54) is 23.1 Å². The first-order valence-corrected chi connectivity index (χ1v) is 8.11. The van der Waals surface area contributed by atoms with Crippen LogP contribution in [-0.4, -0.2) is 27.3 Å². The Morgan fingerprint density at radius 3 is 2.95 bits per heavy atom. The van der Waals surface area contributed by atoms with E-state index in [0.29, 0.717) is 15.9 Å². The number of benzene rings is 1. The number of aromatic nitrogens is 2. The van der Waals surface area contributed by atoms with Gasteiger partial charge in [0.1, 0.15) is 10.7 Å². The summed E-state index contributed by atoms with van der Waals surface area (Å²) in [4.78, 5) is 19.8. The average Bonchev–Trinajstić information content (AvgIpc) is 2.91. The van der Waals surface area contributed by atoms with Crippen LogP contribution in [-0.2, 0) is 0 Å². The Morgan fingerprint density at radius 1 is 1.33 bits per heavy atom. The maximum absolute atomic E-state index is 11.0. The van der Waals surface area contributed by atoms with Crippen LogP contribution in [0.1, 0.15) is 9.67 Å². The van der Waals surface area contributed by atoms with Crippen LogP contribution in [0.25, 0.3) is 10.1 Å². The number of aromatic carboxylic acids is 1. The fourth-order valence-corrected chi connectivity index (χ4v) is 3.12. The molecule has 2 heterocycles. The summed E-state index contributed by atoms with van der Waals surface area (Å²) in [7, 11) is 0. The molecule has 7 heteroatoms. The molecule has 5 nitrogen and oxygen atoms in total. The van der Waals surface area contributed by atoms with Gasteiger partial charge in [0.25, 0.3) is 0 Å². The Morgan fingerprint density at radius 2 is 2.19 bits per heavy atom. The summed E-state index contributed by atoms with van der Waals surface area (Å²) in [6.45, 7) is 0. The van der Waals surface area contributed by atoms with Gasteiger partial charge in [-0.1, -0.05) is 11.8 Å². The van der Waals surface area contributed by atoms with Crippen LogP contribution in [0.15, 0.2) is 41.7 Å². The number of fused-ring (bicyclic) bond motifs is 1. The summed E-state index contributed by atoms with van der Waals surface area (Å²) < 4.78 is 0.949. The van der Waals surface area contributed by atoms with Gasteiger partial charge in [-0.25, -0.2) is 14.8 Å². The molecule has 21 heavy (non-hydrogen) atoms. The lowest BCUT2D eigenvalue weighted by Crippen LogP contribution is -1.95. The molecule has 0 bridgehead atoms. The molecule has 106 valence electrons. The summed E-state index contributed by atoms with van der Waals surface area (Å²) in [5, 5.41) is 13.8. The van der Waals surface area contributed by atoms with Crippen LogP contribution in [0.3, 0.4) is 0 Å². The maximum Gasteiger partial charge on any atom is 0.345 e. The predicted molar refractivity (Wildman–Crippen MR) is 85.9 cm³/mol. The van der Waals surface area contributed by atoms with Crippen LogP contribution >= 0.6 is 23.1 Å². The lowest BCUT2D eigenvalue weighted by molar-refractivity contribution is 0.0702. The normalized spacial score (nSPS) is 10.7. The summed E-state index contributed by atoms with van der Waals surface area (Å²) in [6, 6.07) is 9.21. The molecule has 0 unspecified atom stereocenters. The van der Waals surface area contributed by atoms with Crippen molar-refractivity contribution in [2.24, 2.45) is 0 Å². The highest BCUT2D eigenvalue weighted by atomic mass is 32.2. The molecule has 0 aliphatic rings. The van der Waals surface area contributed by atoms with Crippen LogP contribution < -0.4 is 5.32 Å². The first-order chi connectivity index (χ1) is 10.2. The van der Waals surface area contributed by atoms with Crippen LogP contribution in [0.5, 0.6) is 0 Å². The van der Waals surface area contributed by atoms with E-state index in [1.807, 2.05) is 24.5 Å². The lowest BCUT2D eigenvalue weighted by Gasteiger charge is -2.06. The van der Waals surface area contributed by atoms with Gasteiger partial charge < -0.3 is 10.4 Å². The summed E-state index contributed by atoms with van der Waals surface area (Å²) >= 11 is 2.75. The van der Waals surface area contributed by atoms with Gasteiger partial charge >= 0.3 is 5.97 Å². The van der Waals surface area contributed by atoms with Gasteiger partial charge in [-0.15, -0.1) is 11.3 Å². The minimum atomic E-state index is -0.897. The van der Waals surface area contributed by atoms with Gasteiger partial charge in [0.15, 0.2) is 5.16 Å². The molecular formula is C14H11N3O2S2. The number of carboxylic acid groups (broad SMARTS) is 1. The average molecular weight is 317 g/mol. The molecule has 3 aromatic rings. The Kier molecular flexibility index (Phi) is 3.76. The molecule has 0 aliphatic heterocycles. The second-order valence-electron chi connectivity index (χ2n) is 4.22. The van der Waals surface area contributed by atoms with E-state index in [1.54, 1.807) is 18.3 Å². The van der Waals surface area contributed by atoms with Crippen molar-refractivity contribution >= 4 is 50.7 Å². The third kappa shape index (κ3) is 2.98. The van der Waals surface area contributed by atoms with Crippen molar-refractivity contribution in [2.75, 3.05) is 11.6 Å². The minimum absolute atomic E-state index is 0.342. The molecule has 0 spiro atoms. The molecule has 0 aliphatic carbocycles. The zero-order valence-electron chi connectivity index (χ0n) is 11.0. The SMILES string of the molecule is CSc1nccc(Nc2ccc3sc(C(=O)O)cc3c2)n1. The Bertz CT molecular complexity index is 817. The second-order valence-corrected chi connectivity index (χ2v) is 6.08. The number of carboxylic acids is 1. The first-order valence-electron chi connectivity index (χ1n) is 6.06. The number of hydrogen-bond acceptors (Lipinski definition) is 6. The molecule has 0 saturated heterocycles. The zero-order chi connectivity index (χ0) is 14.8. The van der Waals surface area contributed by atoms with Gasteiger partial charge in [0, 0.05) is 16.6 Å². The first kappa shape index (κ1) is 13.8. The molecule has 2 N–H and O–H groups in total. The quantitative estimate of drug-likeness (QED) is 0.562. The van der Waals surface area contributed by atoms with Crippen molar-refractivity contribution in [3.63, 3.8) is 0 Å². The Hall–Kier alpha value is -2.12. The standard InChI is InChI=1S/C14H11N3O2S2/c1-20-14-15-5-4-12(17-14)16-9-2-3-10-8(6-9)7-11(21-10)13(18)19/h2-7H,1H3,(H,18,19)(H,15,16,17). The van der Waals surface area contributed by atoms with Crippen molar-refractivity contribution in [3.8, 4) is 0 Å². The lowest BCUT2D eigenvalue weighted by atomic mass is 10.2. The largest absolute Gasteiger partial charge is 0.477 e. The van der Waals surface area contributed by atoms with E-state index < -0.39 is 5.97 Å². The predicted octanol–water partition coefficient (Wildman–Crippen LogP) is 3.86. The molecule has 3 rings (SSSR count). The fraction of sp³-hybridized carbons (Fsp3) is 0.0714. The van der Waals surface area contributed by atoms with E-state index in [0.717, 1.165) is 15.8 Å². The van der Waals surface area contributed by atoms with Crippen LogP contribution in [0.4, 0.5) is 11.5 Å². The number of carbonyl (C=O) groups is 1. The fourth-order valence-electron chi connectivity index (χ4n) is 1.88. The highest BCUT2D eigenvalue weighted by Gasteiger charge is 2.09. The van der Waals surface area contributed by atoms with Crippen molar-refractivity contribution < 1.29 is 9.90 Å². The van der Waals surface area contributed by atoms with Crippen molar-refractivity contribution in [1.29, 1.82) is 0 Å². The summed E-state index contributed by atoms with van der Waals surface area (Å²) in [5.41, 5.74) is 0.864. The zero-order valence-corrected chi connectivity index (χ0v) is 12.7. The number of thiophene rings is 1. The molecule has 1 aromatic carbocycles. The second kappa shape index (κ2) is 5.71. The number of anilines is 2. The molecule has 0 atom stereocenters. The third-order valence-electron chi connectivity index (χ3n) is 2.82. The smallest absolute Gasteiger partial charge is 0.345 e. The van der Waals surface area contributed by atoms with E-state index in [9.17, 15) is 4.79 Å². The number of thioether (sulfide) groups is 1. The maximum atomic E-state index is 11.0. The Balaban J connectivity index is 1.91. The number of rotatable bonds is 4. The van der Waals surface area contributed by atoms with Gasteiger partial charge in [-0.2, -0.15) is 0 Å². The third-order valence-corrected chi connectivity index (χ3v) is 4.48. The monoisotopic (exact) mass is 317 g/mol. The van der Waals surface area contributed by atoms with Crippen LogP contribution in [0, 0.1) is 0 Å². The highest BCUT2D eigenvalue weighted by molar-refractivity contribution is 7.98. The van der Waals surface area contributed by atoms with Gasteiger partial charge in [-0.3, -0.25) is 0 Å². The molecule has 0 fully saturated rings. The number of nitrogens with one attached hydrogen (secondary N) is 1. The van der Waals surface area contributed by atoms with Crippen molar-refractivity contribution in [2.45, 2.75) is 5.16 Å². The molecule has 0 saturated carbocycles. The van der Waals surface area contributed by atoms with Crippen molar-refractivity contribution in [3.05, 3.63) is 41.4 Å². The minimum Gasteiger partial charge on any atom is -0.477 e. The van der Waals surface area contributed by atoms with E-state index in [2.05, 4.69) is 15.3 Å². The molecule has 2 aromatic heterocycles. The van der Waals surface area contributed by atoms with E-state index in [4.69, 9.17) is 5.11 Å². The van der Waals surface area contributed by atoms with Crippen molar-refractivity contribution in [1.82, 2.24) is 9.97 Å². The summed E-state index contributed by atoms with van der Waals surface area (Å²) in [6.07, 6.45) is 3.62. The molecular weight excluding hydrogens is 306 g/mol. The van der Waals surface area contributed by atoms with E-state index in [-0.39, 0.29) is 0 Å². The number of hydrogen-bond donors (Lipinski definition) is 2. The van der Waals surface area contributed by atoms with Gasteiger partial charge in [-0.05, 0) is 42.0 Å². The highest BCUT2D eigenvalue weighted by Crippen LogP contribution is 2.29. The molecule has 0 radical (unpaired) electrons. The van der Waals surface area contributed by atoms with E-state index >= 15 is 0 Å².